The molecule has 0 fully saturated rings. The number of amides is 1. The van der Waals surface area contributed by atoms with Gasteiger partial charge in [0.1, 0.15) is 5.75 Å². The summed E-state index contributed by atoms with van der Waals surface area (Å²) in [5.74, 6) is -0.338. The number of hydrogen-bond donors (Lipinski definition) is 2. The molecule has 0 unspecified atom stereocenters. The maximum Gasteiger partial charge on any atom is 0.249 e. The van der Waals surface area contributed by atoms with Crippen LogP contribution >= 0.6 is 0 Å². The number of primary amides is 1. The van der Waals surface area contributed by atoms with E-state index in [9.17, 15) is 9.90 Å². The minimum Gasteiger partial charge on any atom is -0.507 e. The average Bonchev–Trinajstić information content (AvgIpc) is 3.02. The molecule has 4 heteroatoms. The number of nitrogens with two attached hydrogens (primary N) is 1. The molecule has 1 heterocycles. The van der Waals surface area contributed by atoms with Crippen LogP contribution in [0.3, 0.4) is 0 Å². The first-order valence-electron chi connectivity index (χ1n) is 9.55. The van der Waals surface area contributed by atoms with E-state index in [1.54, 1.807) is 12.1 Å². The van der Waals surface area contributed by atoms with E-state index < -0.39 is 5.91 Å². The first-order valence-corrected chi connectivity index (χ1v) is 9.55. The third-order valence-corrected chi connectivity index (χ3v) is 5.59. The fourth-order valence-electron chi connectivity index (χ4n) is 4.35. The predicted molar refractivity (Wildman–Crippen MR) is 117 cm³/mol. The highest BCUT2D eigenvalue weighted by Gasteiger charge is 2.19. The predicted octanol–water partition coefficient (Wildman–Crippen LogP) is 5.11. The molecule has 3 N–H and O–H groups in total. The number of aryl methyl sites for hydroxylation is 1. The summed E-state index contributed by atoms with van der Waals surface area (Å²) in [5, 5.41) is 14.5. The van der Waals surface area contributed by atoms with Crippen LogP contribution in [0, 0.1) is 6.92 Å². The van der Waals surface area contributed by atoms with Crippen molar-refractivity contribution < 1.29 is 9.90 Å². The number of carbonyl (C=O) groups is 1. The van der Waals surface area contributed by atoms with Crippen molar-refractivity contribution >= 4 is 38.5 Å². The average molecular weight is 380 g/mol. The van der Waals surface area contributed by atoms with Gasteiger partial charge in [0.25, 0.3) is 0 Å². The van der Waals surface area contributed by atoms with Crippen LogP contribution in [0.2, 0.25) is 0 Å². The minimum absolute atomic E-state index is 0.162. The fourth-order valence-corrected chi connectivity index (χ4v) is 4.35. The number of hydrogen-bond acceptors (Lipinski definition) is 2. The van der Waals surface area contributed by atoms with Crippen LogP contribution < -0.4 is 5.73 Å². The van der Waals surface area contributed by atoms with Gasteiger partial charge in [0, 0.05) is 17.5 Å². The fraction of sp³-hybridized carbons (Fsp3) is 0.0800. The molecule has 0 atom stereocenters. The topological polar surface area (TPSA) is 68.2 Å². The summed E-state index contributed by atoms with van der Waals surface area (Å²) in [6.45, 7) is 2.57. The van der Waals surface area contributed by atoms with Gasteiger partial charge in [-0.05, 0) is 53.1 Å². The second kappa shape index (κ2) is 6.38. The zero-order chi connectivity index (χ0) is 20.1. The summed E-state index contributed by atoms with van der Waals surface area (Å²) in [4.78, 5) is 12.1. The maximum atomic E-state index is 12.1. The Morgan fingerprint density at radius 1 is 0.931 bits per heavy atom. The zero-order valence-corrected chi connectivity index (χ0v) is 16.0. The van der Waals surface area contributed by atoms with E-state index in [1.165, 1.54) is 16.3 Å². The Hall–Kier alpha value is -3.79. The molecule has 0 aliphatic rings. The molecule has 0 saturated carbocycles. The molecule has 142 valence electrons. The van der Waals surface area contributed by atoms with Gasteiger partial charge in [-0.15, -0.1) is 0 Å². The second-order valence-corrected chi connectivity index (χ2v) is 7.47. The SMILES string of the molecule is Cc1cc(O)c2c3c(C(N)=O)cccc3n(Cc3cccc4ccccc34)c2c1. The van der Waals surface area contributed by atoms with Gasteiger partial charge in [0.15, 0.2) is 0 Å². The molecule has 0 saturated heterocycles. The van der Waals surface area contributed by atoms with E-state index in [2.05, 4.69) is 34.9 Å². The molecule has 0 aliphatic heterocycles. The highest BCUT2D eigenvalue weighted by atomic mass is 16.3. The quantitative estimate of drug-likeness (QED) is 0.457. The largest absolute Gasteiger partial charge is 0.507 e. The molecule has 1 aromatic heterocycles. The van der Waals surface area contributed by atoms with Crippen molar-refractivity contribution in [2.24, 2.45) is 5.73 Å². The van der Waals surface area contributed by atoms with Crippen LogP contribution in [-0.2, 0) is 6.54 Å². The molecule has 0 aliphatic carbocycles. The third kappa shape index (κ3) is 2.64. The molecular weight excluding hydrogens is 360 g/mol. The van der Waals surface area contributed by atoms with E-state index >= 15 is 0 Å². The number of phenolic OH excluding ortho intramolecular Hbond substituents is 1. The van der Waals surface area contributed by atoms with Gasteiger partial charge < -0.3 is 15.4 Å². The molecule has 5 aromatic rings. The lowest BCUT2D eigenvalue weighted by molar-refractivity contribution is 0.100. The zero-order valence-electron chi connectivity index (χ0n) is 16.0. The monoisotopic (exact) mass is 380 g/mol. The molecule has 5 rings (SSSR count). The molecule has 0 spiro atoms. The molecule has 4 nitrogen and oxygen atoms in total. The van der Waals surface area contributed by atoms with E-state index in [-0.39, 0.29) is 5.75 Å². The number of fused-ring (bicyclic) bond motifs is 4. The Morgan fingerprint density at radius 3 is 2.52 bits per heavy atom. The summed E-state index contributed by atoms with van der Waals surface area (Å²) in [6.07, 6.45) is 0. The lowest BCUT2D eigenvalue weighted by Crippen LogP contribution is -2.11. The van der Waals surface area contributed by atoms with Gasteiger partial charge in [-0.2, -0.15) is 0 Å². The maximum absolute atomic E-state index is 12.1. The van der Waals surface area contributed by atoms with Crippen LogP contribution in [0.25, 0.3) is 32.6 Å². The van der Waals surface area contributed by atoms with Gasteiger partial charge in [-0.3, -0.25) is 4.79 Å². The molecular formula is C25H20N2O2. The lowest BCUT2D eigenvalue weighted by Gasteiger charge is -2.11. The summed E-state index contributed by atoms with van der Waals surface area (Å²) >= 11 is 0. The standard InChI is InChI=1S/C25H20N2O2/c1-15-12-21-24(22(28)13-15)23-19(25(26)29)10-5-11-20(23)27(21)14-17-8-4-7-16-6-2-3-9-18(16)17/h2-13,28H,14H2,1H3,(H2,26,29). The Kier molecular flexibility index (Phi) is 3.81. The molecule has 29 heavy (non-hydrogen) atoms. The number of benzene rings is 4. The van der Waals surface area contributed by atoms with Crippen molar-refractivity contribution in [3.63, 3.8) is 0 Å². The molecule has 0 radical (unpaired) electrons. The number of aromatic nitrogens is 1. The summed E-state index contributed by atoms with van der Waals surface area (Å²) in [6, 6.07) is 23.9. The highest BCUT2D eigenvalue weighted by molar-refractivity contribution is 6.19. The van der Waals surface area contributed by atoms with E-state index in [1.807, 2.05) is 37.3 Å². The number of carbonyl (C=O) groups excluding carboxylic acids is 1. The number of aromatic hydroxyl groups is 1. The van der Waals surface area contributed by atoms with E-state index in [4.69, 9.17) is 5.73 Å². The Morgan fingerprint density at radius 2 is 1.69 bits per heavy atom. The minimum atomic E-state index is -0.500. The number of nitrogens with zero attached hydrogens (tertiary/aromatic N) is 1. The first kappa shape index (κ1) is 17.3. The summed E-state index contributed by atoms with van der Waals surface area (Å²) in [5.41, 5.74) is 9.97. The van der Waals surface area contributed by atoms with E-state index in [0.717, 1.165) is 16.6 Å². The van der Waals surface area contributed by atoms with Crippen molar-refractivity contribution in [1.29, 1.82) is 0 Å². The second-order valence-electron chi connectivity index (χ2n) is 7.47. The van der Waals surface area contributed by atoms with Crippen LogP contribution in [0.15, 0.2) is 72.8 Å². The van der Waals surface area contributed by atoms with Crippen LogP contribution in [0.1, 0.15) is 21.5 Å². The van der Waals surface area contributed by atoms with Gasteiger partial charge in [-0.1, -0.05) is 48.5 Å². The summed E-state index contributed by atoms with van der Waals surface area (Å²) < 4.78 is 2.16. The Labute approximate surface area is 167 Å². The normalized spacial score (nSPS) is 11.5. The third-order valence-electron chi connectivity index (χ3n) is 5.59. The number of phenols is 1. The van der Waals surface area contributed by atoms with Crippen LogP contribution in [0.4, 0.5) is 0 Å². The van der Waals surface area contributed by atoms with Crippen molar-refractivity contribution in [1.82, 2.24) is 4.57 Å². The Balaban J connectivity index is 1.87. The van der Waals surface area contributed by atoms with Gasteiger partial charge in [0.2, 0.25) is 5.91 Å². The lowest BCUT2D eigenvalue weighted by atomic mass is 10.0. The first-order chi connectivity index (χ1) is 14.0. The van der Waals surface area contributed by atoms with Crippen molar-refractivity contribution in [3.05, 3.63) is 89.5 Å². The van der Waals surface area contributed by atoms with Gasteiger partial charge >= 0.3 is 0 Å². The highest BCUT2D eigenvalue weighted by Crippen LogP contribution is 2.38. The van der Waals surface area contributed by atoms with Crippen molar-refractivity contribution in [2.45, 2.75) is 13.5 Å². The van der Waals surface area contributed by atoms with Gasteiger partial charge in [-0.25, -0.2) is 0 Å². The Bertz CT molecular complexity index is 1420. The molecule has 4 aromatic carbocycles. The van der Waals surface area contributed by atoms with Crippen LogP contribution in [-0.4, -0.2) is 15.6 Å². The van der Waals surface area contributed by atoms with Crippen molar-refractivity contribution in [2.75, 3.05) is 0 Å². The van der Waals surface area contributed by atoms with Gasteiger partial charge in [0.05, 0.1) is 16.4 Å². The van der Waals surface area contributed by atoms with Crippen molar-refractivity contribution in [3.8, 4) is 5.75 Å². The van der Waals surface area contributed by atoms with Crippen LogP contribution in [0.5, 0.6) is 5.75 Å². The smallest absolute Gasteiger partial charge is 0.249 e. The van der Waals surface area contributed by atoms with E-state index in [0.29, 0.717) is 22.9 Å². The number of rotatable bonds is 3. The summed E-state index contributed by atoms with van der Waals surface area (Å²) in [7, 11) is 0. The molecule has 1 amide bonds. The molecule has 0 bridgehead atoms.